The Morgan fingerprint density at radius 2 is 1.02 bits per heavy atom. The lowest BCUT2D eigenvalue weighted by molar-refractivity contribution is 0.632. The third-order valence-corrected chi connectivity index (χ3v) is 13.2. The zero-order valence-corrected chi connectivity index (χ0v) is 34.5. The Balaban J connectivity index is 0.924. The second kappa shape index (κ2) is 13.7. The lowest BCUT2D eigenvalue weighted by Gasteiger charge is -2.42. The highest BCUT2D eigenvalue weighted by molar-refractivity contribution is 6.09. The van der Waals surface area contributed by atoms with Crippen molar-refractivity contribution < 1.29 is 0 Å². The van der Waals surface area contributed by atoms with E-state index in [-0.39, 0.29) is 10.8 Å². The first-order valence-corrected chi connectivity index (χ1v) is 21.1. The Hall–Kier alpha value is -7.16. The van der Waals surface area contributed by atoms with Crippen LogP contribution in [0, 0.1) is 0 Å². The van der Waals surface area contributed by atoms with Gasteiger partial charge >= 0.3 is 0 Å². The average Bonchev–Trinajstić information content (AvgIpc) is 3.52. The zero-order chi connectivity index (χ0) is 40.6. The first-order valence-electron chi connectivity index (χ1n) is 21.1. The highest BCUT2D eigenvalue weighted by atomic mass is 15.2. The third kappa shape index (κ3) is 5.70. The molecule has 2 aliphatic rings. The fraction of sp³-hybridized carbons (Fsp3) is 0.103. The van der Waals surface area contributed by atoms with Gasteiger partial charge in [0.1, 0.15) is 0 Å². The quantitative estimate of drug-likeness (QED) is 0.155. The fourth-order valence-corrected chi connectivity index (χ4v) is 10.0. The summed E-state index contributed by atoms with van der Waals surface area (Å²) in [6.45, 7) is 9.41. The van der Waals surface area contributed by atoms with E-state index in [1.165, 1.54) is 83.1 Å². The van der Waals surface area contributed by atoms with Crippen LogP contribution in [0.25, 0.3) is 49.9 Å². The highest BCUT2D eigenvalue weighted by Gasteiger charge is 2.37. The van der Waals surface area contributed by atoms with Gasteiger partial charge in [-0.15, -0.1) is 0 Å². The average molecular weight is 771 g/mol. The molecule has 0 fully saturated rings. The van der Waals surface area contributed by atoms with E-state index in [4.69, 9.17) is 0 Å². The van der Waals surface area contributed by atoms with E-state index in [0.29, 0.717) is 0 Å². The van der Waals surface area contributed by atoms with Crippen LogP contribution in [0.4, 0.5) is 28.4 Å². The summed E-state index contributed by atoms with van der Waals surface area (Å²) in [5, 5.41) is 5.00. The second-order valence-corrected chi connectivity index (χ2v) is 17.4. The van der Waals surface area contributed by atoms with E-state index in [9.17, 15) is 0 Å². The predicted octanol–water partition coefficient (Wildman–Crippen LogP) is 15.9. The predicted molar refractivity (Wildman–Crippen MR) is 255 cm³/mol. The summed E-state index contributed by atoms with van der Waals surface area (Å²) in [6.07, 6.45) is 4.46. The maximum atomic E-state index is 2.42. The van der Waals surface area contributed by atoms with Gasteiger partial charge in [0.05, 0.1) is 11.4 Å². The van der Waals surface area contributed by atoms with Gasteiger partial charge in [0, 0.05) is 34.1 Å². The molecule has 288 valence electrons. The molecule has 0 aromatic heterocycles. The van der Waals surface area contributed by atoms with Crippen LogP contribution in [0.2, 0.25) is 0 Å². The molecule has 0 spiro atoms. The van der Waals surface area contributed by atoms with Gasteiger partial charge in [-0.3, -0.25) is 0 Å². The normalized spacial score (nSPS) is 14.5. The van der Waals surface area contributed by atoms with Crippen LogP contribution in [0.5, 0.6) is 0 Å². The summed E-state index contributed by atoms with van der Waals surface area (Å²) in [6, 6.07) is 71.5. The third-order valence-electron chi connectivity index (χ3n) is 13.2. The van der Waals surface area contributed by atoms with Gasteiger partial charge in [-0.1, -0.05) is 155 Å². The molecule has 9 aromatic rings. The summed E-state index contributed by atoms with van der Waals surface area (Å²) >= 11 is 0. The van der Waals surface area contributed by atoms with Gasteiger partial charge in [-0.05, 0) is 144 Å². The summed E-state index contributed by atoms with van der Waals surface area (Å²) < 4.78 is 0. The summed E-state index contributed by atoms with van der Waals surface area (Å²) in [4.78, 5) is 4.73. The van der Waals surface area contributed by atoms with E-state index < -0.39 is 0 Å². The molecule has 1 aliphatic carbocycles. The maximum absolute atomic E-state index is 2.42. The van der Waals surface area contributed by atoms with Crippen molar-refractivity contribution >= 4 is 56.1 Å². The van der Waals surface area contributed by atoms with Crippen LogP contribution in [-0.4, -0.2) is 0 Å². The molecule has 1 aliphatic heterocycles. The van der Waals surface area contributed by atoms with Crippen LogP contribution >= 0.6 is 0 Å². The van der Waals surface area contributed by atoms with E-state index in [1.54, 1.807) is 0 Å². The number of hydrogen-bond acceptors (Lipinski definition) is 2. The molecule has 1 heterocycles. The molecular weight excluding hydrogens is 725 g/mol. The van der Waals surface area contributed by atoms with Crippen molar-refractivity contribution in [3.05, 3.63) is 228 Å². The van der Waals surface area contributed by atoms with Crippen LogP contribution < -0.4 is 9.80 Å². The van der Waals surface area contributed by atoms with Crippen molar-refractivity contribution in [1.82, 2.24) is 0 Å². The zero-order valence-electron chi connectivity index (χ0n) is 34.5. The monoisotopic (exact) mass is 770 g/mol. The van der Waals surface area contributed by atoms with Crippen LogP contribution in [-0.2, 0) is 10.8 Å². The first-order chi connectivity index (χ1) is 29.3. The fourth-order valence-electron chi connectivity index (χ4n) is 10.0. The highest BCUT2D eigenvalue weighted by Crippen LogP contribution is 2.53. The Bertz CT molecular complexity index is 3150. The van der Waals surface area contributed by atoms with Crippen molar-refractivity contribution in [3.63, 3.8) is 0 Å². The Morgan fingerprint density at radius 1 is 0.417 bits per heavy atom. The summed E-state index contributed by atoms with van der Waals surface area (Å²) in [7, 11) is 0. The molecule has 0 unspecified atom stereocenters. The number of nitrogens with zero attached hydrogens (tertiary/aromatic N) is 2. The number of anilines is 5. The van der Waals surface area contributed by atoms with Gasteiger partial charge < -0.3 is 9.80 Å². The van der Waals surface area contributed by atoms with Gasteiger partial charge in [0.15, 0.2) is 0 Å². The molecular formula is C58H46N2. The standard InChI is InChI=1S/C58H46N2/c1-57(2)51-20-12-11-19-49(51)50-31-28-46(38-53(50)57)59(44-15-7-5-8-16-44)34-33-39-23-29-47-42(35-39)24-25-43-36-40(26-30-48(43)47)41-27-32-56-54(37-41)58(3,4)52-21-13-14-22-55(52)60(56)45-17-9-6-10-18-45/h5-38H,1-4H3/b34-33+. The molecule has 2 heteroatoms. The largest absolute Gasteiger partial charge is 0.317 e. The van der Waals surface area contributed by atoms with E-state index in [1.807, 2.05) is 0 Å². The van der Waals surface area contributed by atoms with Crippen molar-refractivity contribution in [2.24, 2.45) is 0 Å². The number of rotatable bonds is 6. The Morgan fingerprint density at radius 3 is 1.82 bits per heavy atom. The van der Waals surface area contributed by atoms with E-state index in [2.05, 4.69) is 244 Å². The van der Waals surface area contributed by atoms with Crippen molar-refractivity contribution in [1.29, 1.82) is 0 Å². The minimum absolute atomic E-state index is 0.0647. The molecule has 11 rings (SSSR count). The Kier molecular flexibility index (Phi) is 8.22. The second-order valence-electron chi connectivity index (χ2n) is 17.4. The molecule has 0 radical (unpaired) electrons. The van der Waals surface area contributed by atoms with E-state index >= 15 is 0 Å². The van der Waals surface area contributed by atoms with Crippen LogP contribution in [0.1, 0.15) is 55.5 Å². The topological polar surface area (TPSA) is 6.48 Å². The molecule has 60 heavy (non-hydrogen) atoms. The summed E-state index contributed by atoms with van der Waals surface area (Å²) in [5.41, 5.74) is 17.4. The van der Waals surface area contributed by atoms with Gasteiger partial charge in [0.25, 0.3) is 0 Å². The molecule has 9 aromatic carbocycles. The molecule has 0 atom stereocenters. The Labute approximate surface area is 353 Å². The maximum Gasteiger partial charge on any atom is 0.0503 e. The summed E-state index contributed by atoms with van der Waals surface area (Å²) in [5.74, 6) is 0. The molecule has 2 nitrogen and oxygen atoms in total. The SMILES string of the molecule is CC1(C)c2ccccc2-c2ccc(N(/C=C/c3ccc4c(ccc5cc(-c6ccc7c(c6)C(C)(C)c6ccccc6N7c6ccccc6)ccc54)c3)c3ccccc3)cc21. The number of hydrogen-bond donors (Lipinski definition) is 0. The minimum Gasteiger partial charge on any atom is -0.317 e. The first kappa shape index (κ1) is 36.0. The van der Waals surface area contributed by atoms with Crippen molar-refractivity contribution in [2.45, 2.75) is 38.5 Å². The lowest BCUT2D eigenvalue weighted by Crippen LogP contribution is -2.30. The molecule has 0 N–H and O–H groups in total. The molecule has 0 saturated heterocycles. The number of benzene rings is 9. The van der Waals surface area contributed by atoms with Gasteiger partial charge in [-0.25, -0.2) is 0 Å². The van der Waals surface area contributed by atoms with Gasteiger partial charge in [0.2, 0.25) is 0 Å². The van der Waals surface area contributed by atoms with Gasteiger partial charge in [-0.2, -0.15) is 0 Å². The molecule has 0 saturated carbocycles. The smallest absolute Gasteiger partial charge is 0.0503 e. The minimum atomic E-state index is -0.158. The van der Waals surface area contributed by atoms with Crippen LogP contribution in [0.15, 0.2) is 200 Å². The number of fused-ring (bicyclic) bond motifs is 8. The molecule has 0 amide bonds. The van der Waals surface area contributed by atoms with E-state index in [0.717, 1.165) is 16.9 Å². The van der Waals surface area contributed by atoms with Crippen molar-refractivity contribution in [3.8, 4) is 22.3 Å². The number of para-hydroxylation sites is 3. The van der Waals surface area contributed by atoms with Crippen LogP contribution in [0.3, 0.4) is 0 Å². The molecule has 0 bridgehead atoms. The lowest BCUT2D eigenvalue weighted by atomic mass is 9.73. The van der Waals surface area contributed by atoms with Crippen molar-refractivity contribution in [2.75, 3.05) is 9.80 Å².